The highest BCUT2D eigenvalue weighted by molar-refractivity contribution is 6.30. The normalized spacial score (nSPS) is 26.3. The van der Waals surface area contributed by atoms with E-state index in [4.69, 9.17) is 16.3 Å². The Balaban J connectivity index is 1.60. The standard InChI is InChI=1S/C19H19ClN2O2/c20-13-5-3-4-12(10-13)18(16-6-1-2-9-21-16)22-19(23)15-11-14-7-8-17(15)24-14/h1-6,9-10,14-15,17-18H,7-8,11H2,(H,22,23)/t14-,15-,17-,18-/m1/s1. The van der Waals surface area contributed by atoms with E-state index >= 15 is 0 Å². The summed E-state index contributed by atoms with van der Waals surface area (Å²) in [7, 11) is 0. The molecule has 2 aliphatic heterocycles. The van der Waals surface area contributed by atoms with Gasteiger partial charge < -0.3 is 10.1 Å². The number of carbonyl (C=O) groups excluding carboxylic acids is 1. The lowest BCUT2D eigenvalue weighted by atomic mass is 9.88. The minimum absolute atomic E-state index is 0.0397. The molecule has 3 heterocycles. The number of aromatic nitrogens is 1. The molecule has 4 nitrogen and oxygen atoms in total. The second-order valence-corrected chi connectivity index (χ2v) is 6.90. The minimum Gasteiger partial charge on any atom is -0.374 e. The summed E-state index contributed by atoms with van der Waals surface area (Å²) in [4.78, 5) is 17.2. The van der Waals surface area contributed by atoms with E-state index in [9.17, 15) is 4.79 Å². The molecule has 24 heavy (non-hydrogen) atoms. The van der Waals surface area contributed by atoms with Gasteiger partial charge in [0, 0.05) is 11.2 Å². The quantitative estimate of drug-likeness (QED) is 0.925. The van der Waals surface area contributed by atoms with Crippen molar-refractivity contribution in [3.05, 3.63) is 64.9 Å². The summed E-state index contributed by atoms with van der Waals surface area (Å²) in [6, 6.07) is 12.9. The van der Waals surface area contributed by atoms with Gasteiger partial charge in [0.05, 0.1) is 29.9 Å². The summed E-state index contributed by atoms with van der Waals surface area (Å²) < 4.78 is 5.82. The molecule has 1 amide bonds. The number of pyridine rings is 1. The van der Waals surface area contributed by atoms with Crippen molar-refractivity contribution in [2.75, 3.05) is 0 Å². The van der Waals surface area contributed by atoms with Crippen molar-refractivity contribution in [1.82, 2.24) is 10.3 Å². The van der Waals surface area contributed by atoms with Gasteiger partial charge in [-0.05, 0) is 49.1 Å². The maximum atomic E-state index is 12.8. The maximum absolute atomic E-state index is 12.8. The number of nitrogens with one attached hydrogen (secondary N) is 1. The Bertz CT molecular complexity index is 737. The van der Waals surface area contributed by atoms with Gasteiger partial charge in [0.25, 0.3) is 0 Å². The van der Waals surface area contributed by atoms with Gasteiger partial charge in [-0.1, -0.05) is 29.8 Å². The van der Waals surface area contributed by atoms with E-state index in [0.29, 0.717) is 5.02 Å². The average Bonchev–Trinajstić information content (AvgIpc) is 3.23. The number of benzene rings is 1. The van der Waals surface area contributed by atoms with Crippen LogP contribution in [0.5, 0.6) is 0 Å². The van der Waals surface area contributed by atoms with Crippen molar-refractivity contribution < 1.29 is 9.53 Å². The van der Waals surface area contributed by atoms with Gasteiger partial charge in [-0.15, -0.1) is 0 Å². The number of rotatable bonds is 4. The number of hydrogen-bond acceptors (Lipinski definition) is 3. The Kier molecular flexibility index (Phi) is 4.25. The van der Waals surface area contributed by atoms with Crippen LogP contribution in [0.3, 0.4) is 0 Å². The Hall–Kier alpha value is -1.91. The smallest absolute Gasteiger partial charge is 0.226 e. The van der Waals surface area contributed by atoms with E-state index in [0.717, 1.165) is 30.5 Å². The van der Waals surface area contributed by atoms with Gasteiger partial charge in [0.2, 0.25) is 5.91 Å². The minimum atomic E-state index is -0.309. The number of halogens is 1. The lowest BCUT2D eigenvalue weighted by Crippen LogP contribution is -2.38. The summed E-state index contributed by atoms with van der Waals surface area (Å²) in [6.07, 6.45) is 4.94. The molecule has 2 fully saturated rings. The molecule has 5 heteroatoms. The number of carbonyl (C=O) groups is 1. The second kappa shape index (κ2) is 6.54. The van der Waals surface area contributed by atoms with Crippen LogP contribution in [-0.2, 0) is 9.53 Å². The molecule has 4 atom stereocenters. The average molecular weight is 343 g/mol. The zero-order valence-corrected chi connectivity index (χ0v) is 13.9. The van der Waals surface area contributed by atoms with E-state index in [-0.39, 0.29) is 30.1 Å². The Morgan fingerprint density at radius 3 is 2.83 bits per heavy atom. The van der Waals surface area contributed by atoms with Crippen LogP contribution in [-0.4, -0.2) is 23.1 Å². The highest BCUT2D eigenvalue weighted by atomic mass is 35.5. The van der Waals surface area contributed by atoms with Crippen LogP contribution in [0.4, 0.5) is 0 Å². The molecule has 0 unspecified atom stereocenters. The molecule has 0 saturated carbocycles. The number of amides is 1. The van der Waals surface area contributed by atoms with Crippen molar-refractivity contribution in [2.45, 2.75) is 37.5 Å². The summed E-state index contributed by atoms with van der Waals surface area (Å²) in [5, 5.41) is 3.81. The molecule has 1 aromatic heterocycles. The number of fused-ring (bicyclic) bond motifs is 2. The number of hydrogen-bond donors (Lipinski definition) is 1. The third kappa shape index (κ3) is 3.04. The molecule has 4 rings (SSSR count). The Labute approximate surface area is 146 Å². The lowest BCUT2D eigenvalue weighted by Gasteiger charge is -2.24. The first-order chi connectivity index (χ1) is 11.7. The van der Waals surface area contributed by atoms with Crippen LogP contribution in [0.1, 0.15) is 36.6 Å². The van der Waals surface area contributed by atoms with Crippen LogP contribution in [0.25, 0.3) is 0 Å². The predicted molar refractivity (Wildman–Crippen MR) is 91.7 cm³/mol. The highest BCUT2D eigenvalue weighted by Gasteiger charge is 2.44. The van der Waals surface area contributed by atoms with Gasteiger partial charge in [-0.3, -0.25) is 9.78 Å². The van der Waals surface area contributed by atoms with Crippen LogP contribution in [0.15, 0.2) is 48.7 Å². The maximum Gasteiger partial charge on any atom is 0.226 e. The zero-order valence-electron chi connectivity index (χ0n) is 13.2. The van der Waals surface area contributed by atoms with Gasteiger partial charge in [0.1, 0.15) is 0 Å². The molecular weight excluding hydrogens is 324 g/mol. The molecule has 2 aromatic rings. The molecule has 2 aliphatic rings. The number of ether oxygens (including phenoxy) is 1. The van der Waals surface area contributed by atoms with Crippen LogP contribution in [0, 0.1) is 5.92 Å². The second-order valence-electron chi connectivity index (χ2n) is 6.47. The zero-order chi connectivity index (χ0) is 16.5. The van der Waals surface area contributed by atoms with Crippen molar-refractivity contribution in [2.24, 2.45) is 5.92 Å². The third-order valence-electron chi connectivity index (χ3n) is 4.89. The van der Waals surface area contributed by atoms with E-state index in [1.165, 1.54) is 0 Å². The molecule has 2 saturated heterocycles. The third-order valence-corrected chi connectivity index (χ3v) is 5.13. The fourth-order valence-corrected chi connectivity index (χ4v) is 3.92. The van der Waals surface area contributed by atoms with E-state index in [2.05, 4.69) is 10.3 Å². The van der Waals surface area contributed by atoms with Crippen molar-refractivity contribution in [1.29, 1.82) is 0 Å². The predicted octanol–water partition coefficient (Wildman–Crippen LogP) is 3.51. The summed E-state index contributed by atoms with van der Waals surface area (Å²) >= 11 is 6.14. The summed E-state index contributed by atoms with van der Waals surface area (Å²) in [5.41, 5.74) is 1.73. The SMILES string of the molecule is O=C(N[C@H](c1cccc(Cl)c1)c1ccccn1)[C@@H]1C[C@H]2CC[C@H]1O2. The first kappa shape index (κ1) is 15.6. The van der Waals surface area contributed by atoms with E-state index in [1.807, 2.05) is 42.5 Å². The number of nitrogens with zero attached hydrogens (tertiary/aromatic N) is 1. The lowest BCUT2D eigenvalue weighted by molar-refractivity contribution is -0.127. The first-order valence-electron chi connectivity index (χ1n) is 8.33. The topological polar surface area (TPSA) is 51.2 Å². The monoisotopic (exact) mass is 342 g/mol. The Morgan fingerprint density at radius 2 is 2.17 bits per heavy atom. The van der Waals surface area contributed by atoms with Crippen LogP contribution in [0.2, 0.25) is 5.02 Å². The highest BCUT2D eigenvalue weighted by Crippen LogP contribution is 2.39. The molecule has 2 bridgehead atoms. The van der Waals surface area contributed by atoms with Crippen LogP contribution < -0.4 is 5.32 Å². The van der Waals surface area contributed by atoms with Gasteiger partial charge in [0.15, 0.2) is 0 Å². The van der Waals surface area contributed by atoms with E-state index < -0.39 is 0 Å². The molecule has 0 spiro atoms. The van der Waals surface area contributed by atoms with Crippen molar-refractivity contribution >= 4 is 17.5 Å². The largest absolute Gasteiger partial charge is 0.374 e. The summed E-state index contributed by atoms with van der Waals surface area (Å²) in [5.74, 6) is -0.0213. The van der Waals surface area contributed by atoms with Gasteiger partial charge in [-0.2, -0.15) is 0 Å². The molecule has 0 aliphatic carbocycles. The van der Waals surface area contributed by atoms with Crippen LogP contribution >= 0.6 is 11.6 Å². The van der Waals surface area contributed by atoms with E-state index in [1.54, 1.807) is 6.20 Å². The first-order valence-corrected chi connectivity index (χ1v) is 8.71. The van der Waals surface area contributed by atoms with Crippen molar-refractivity contribution in [3.8, 4) is 0 Å². The molecule has 1 aromatic carbocycles. The molecule has 0 radical (unpaired) electrons. The van der Waals surface area contributed by atoms with Gasteiger partial charge in [-0.25, -0.2) is 0 Å². The molecular formula is C19H19ClN2O2. The van der Waals surface area contributed by atoms with Gasteiger partial charge >= 0.3 is 0 Å². The summed E-state index contributed by atoms with van der Waals surface area (Å²) in [6.45, 7) is 0. The molecule has 1 N–H and O–H groups in total. The fourth-order valence-electron chi connectivity index (χ4n) is 3.72. The molecule has 124 valence electrons. The Morgan fingerprint density at radius 1 is 1.25 bits per heavy atom. The fraction of sp³-hybridized carbons (Fsp3) is 0.368. The van der Waals surface area contributed by atoms with Crippen molar-refractivity contribution in [3.63, 3.8) is 0 Å².